The summed E-state index contributed by atoms with van der Waals surface area (Å²) in [6.45, 7) is 2.32. The van der Waals surface area contributed by atoms with Gasteiger partial charge in [-0.05, 0) is 68.5 Å². The average Bonchev–Trinajstić information content (AvgIpc) is 2.41. The van der Waals surface area contributed by atoms with Crippen LogP contribution in [-0.4, -0.2) is 11.7 Å². The molecule has 2 saturated carbocycles. The topological polar surface area (TPSA) is 9.23 Å². The van der Waals surface area contributed by atoms with Gasteiger partial charge in [-0.25, -0.2) is 0 Å². The first-order chi connectivity index (χ1) is 8.83. The van der Waals surface area contributed by atoms with E-state index in [1.165, 1.54) is 69.8 Å². The largest absolute Gasteiger partial charge is 0.487 e. The van der Waals surface area contributed by atoms with Crippen LogP contribution in [0.1, 0.15) is 71.1 Å². The molecule has 0 N–H and O–H groups in total. The Morgan fingerprint density at radius 1 is 0.944 bits per heavy atom. The summed E-state index contributed by atoms with van der Waals surface area (Å²) < 4.78 is 5.46. The molecule has 0 aromatic carbocycles. The van der Waals surface area contributed by atoms with Crippen LogP contribution in [0.25, 0.3) is 0 Å². The van der Waals surface area contributed by atoms with Crippen molar-refractivity contribution in [3.8, 4) is 0 Å². The number of ether oxygens (including phenoxy) is 1. The van der Waals surface area contributed by atoms with Gasteiger partial charge in [-0.2, -0.15) is 0 Å². The van der Waals surface area contributed by atoms with Gasteiger partial charge >= 0.3 is 0 Å². The van der Waals surface area contributed by atoms with Crippen molar-refractivity contribution in [3.63, 3.8) is 0 Å². The van der Waals surface area contributed by atoms with E-state index in [9.17, 15) is 0 Å². The minimum Gasteiger partial charge on any atom is -0.487 e. The molecule has 104 valence electrons. The van der Waals surface area contributed by atoms with Gasteiger partial charge in [0.15, 0.2) is 0 Å². The van der Waals surface area contributed by atoms with Crippen molar-refractivity contribution in [2.24, 2.45) is 17.8 Å². The summed E-state index contributed by atoms with van der Waals surface area (Å²) in [6.07, 6.45) is 14.4. The van der Waals surface area contributed by atoms with E-state index in [1.807, 2.05) is 0 Å². The van der Waals surface area contributed by atoms with E-state index >= 15 is 0 Å². The number of thiocarbonyl (C=S) groups is 1. The monoisotopic (exact) mass is 268 g/mol. The number of hydrogen-bond donors (Lipinski definition) is 0. The first-order valence-electron chi connectivity index (χ1n) is 7.92. The molecule has 0 aromatic heterocycles. The molecular weight excluding hydrogens is 240 g/mol. The lowest BCUT2D eigenvalue weighted by Crippen LogP contribution is -2.28. The van der Waals surface area contributed by atoms with Gasteiger partial charge in [0.25, 0.3) is 0 Å². The van der Waals surface area contributed by atoms with E-state index in [2.05, 4.69) is 6.92 Å². The maximum Gasteiger partial charge on any atom is 0.146 e. The fourth-order valence-corrected chi connectivity index (χ4v) is 4.29. The molecule has 2 rings (SSSR count). The van der Waals surface area contributed by atoms with Crippen LogP contribution in [0.4, 0.5) is 0 Å². The molecule has 0 heterocycles. The Morgan fingerprint density at radius 2 is 1.50 bits per heavy atom. The van der Waals surface area contributed by atoms with Crippen LogP contribution in [0.15, 0.2) is 0 Å². The van der Waals surface area contributed by atoms with Gasteiger partial charge in [0, 0.05) is 0 Å². The van der Waals surface area contributed by atoms with E-state index in [1.54, 1.807) is 0 Å². The maximum absolute atomic E-state index is 5.46. The Labute approximate surface area is 118 Å². The molecule has 0 atom stereocenters. The van der Waals surface area contributed by atoms with Crippen LogP contribution in [0, 0.1) is 17.8 Å². The number of hydrogen-bond acceptors (Lipinski definition) is 2. The Hall–Kier alpha value is -0.110. The summed E-state index contributed by atoms with van der Waals surface area (Å²) in [5.41, 5.74) is 1.46. The minimum absolute atomic E-state index is 0.426. The fourth-order valence-electron chi connectivity index (χ4n) is 4.13. The molecule has 2 heteroatoms. The number of rotatable bonds is 5. The third-order valence-electron chi connectivity index (χ3n) is 5.22. The Kier molecular flexibility index (Phi) is 5.94. The van der Waals surface area contributed by atoms with Gasteiger partial charge in [0.05, 0.1) is 6.10 Å². The maximum atomic E-state index is 5.46. The van der Waals surface area contributed by atoms with Gasteiger partial charge in [-0.3, -0.25) is 0 Å². The standard InChI is InChI=1S/C16H28OS/c1-2-3-13-4-6-14(7-5-13)15-8-10-16(11-9-15)17-12-18/h12-16H,2-11H2,1H3. The van der Waals surface area contributed by atoms with Gasteiger partial charge in [0.1, 0.15) is 5.55 Å². The molecule has 0 bridgehead atoms. The van der Waals surface area contributed by atoms with E-state index in [0.717, 1.165) is 17.8 Å². The molecule has 2 fully saturated rings. The highest BCUT2D eigenvalue weighted by Crippen LogP contribution is 2.41. The summed E-state index contributed by atoms with van der Waals surface area (Å²) in [4.78, 5) is 0. The molecule has 0 saturated heterocycles. The van der Waals surface area contributed by atoms with E-state index in [-0.39, 0.29) is 0 Å². The fraction of sp³-hybridized carbons (Fsp3) is 0.938. The van der Waals surface area contributed by atoms with Gasteiger partial charge in [-0.15, -0.1) is 0 Å². The zero-order valence-electron chi connectivity index (χ0n) is 11.8. The van der Waals surface area contributed by atoms with E-state index in [4.69, 9.17) is 17.0 Å². The second kappa shape index (κ2) is 7.47. The van der Waals surface area contributed by atoms with Crippen molar-refractivity contribution in [1.82, 2.24) is 0 Å². The van der Waals surface area contributed by atoms with Crippen molar-refractivity contribution < 1.29 is 4.74 Å². The highest BCUT2D eigenvalue weighted by atomic mass is 32.1. The third kappa shape index (κ3) is 3.94. The predicted octanol–water partition coefficient (Wildman–Crippen LogP) is 5.13. The molecular formula is C16H28OS. The molecule has 18 heavy (non-hydrogen) atoms. The van der Waals surface area contributed by atoms with Crippen LogP contribution in [0.2, 0.25) is 0 Å². The molecule has 0 aliphatic heterocycles. The van der Waals surface area contributed by atoms with E-state index < -0.39 is 0 Å². The SMILES string of the molecule is CCCC1CCC(C2CCC(OC=S)CC2)CC1. The van der Waals surface area contributed by atoms with Crippen molar-refractivity contribution in [2.45, 2.75) is 77.2 Å². The van der Waals surface area contributed by atoms with Crippen LogP contribution >= 0.6 is 12.2 Å². The van der Waals surface area contributed by atoms with Crippen LogP contribution in [-0.2, 0) is 4.74 Å². The molecule has 0 amide bonds. The minimum atomic E-state index is 0.426. The lowest BCUT2D eigenvalue weighted by Gasteiger charge is -2.37. The molecule has 2 aliphatic carbocycles. The van der Waals surface area contributed by atoms with Gasteiger partial charge < -0.3 is 4.74 Å². The Bertz CT molecular complexity index is 237. The summed E-state index contributed by atoms with van der Waals surface area (Å²) in [5, 5.41) is 0. The highest BCUT2D eigenvalue weighted by molar-refractivity contribution is 7.78. The van der Waals surface area contributed by atoms with Crippen molar-refractivity contribution >= 4 is 17.8 Å². The molecule has 0 aromatic rings. The lowest BCUT2D eigenvalue weighted by molar-refractivity contribution is 0.0909. The first-order valence-corrected chi connectivity index (χ1v) is 8.39. The quantitative estimate of drug-likeness (QED) is 0.640. The molecule has 0 unspecified atom stereocenters. The predicted molar refractivity (Wildman–Crippen MR) is 80.8 cm³/mol. The zero-order chi connectivity index (χ0) is 12.8. The second-order valence-corrected chi connectivity index (χ2v) is 6.53. The summed E-state index contributed by atoms with van der Waals surface area (Å²) in [5.74, 6) is 3.05. The first kappa shape index (κ1) is 14.3. The van der Waals surface area contributed by atoms with Gasteiger partial charge in [0.2, 0.25) is 0 Å². The normalized spacial score (nSPS) is 37.2. The molecule has 0 radical (unpaired) electrons. The van der Waals surface area contributed by atoms with Crippen LogP contribution < -0.4 is 0 Å². The smallest absolute Gasteiger partial charge is 0.146 e. The van der Waals surface area contributed by atoms with Crippen molar-refractivity contribution in [3.05, 3.63) is 0 Å². The molecule has 1 nitrogen and oxygen atoms in total. The summed E-state index contributed by atoms with van der Waals surface area (Å²) in [6, 6.07) is 0. The summed E-state index contributed by atoms with van der Waals surface area (Å²) >= 11 is 4.78. The van der Waals surface area contributed by atoms with E-state index in [0.29, 0.717) is 6.10 Å². The summed E-state index contributed by atoms with van der Waals surface area (Å²) in [7, 11) is 0. The Balaban J connectivity index is 1.69. The van der Waals surface area contributed by atoms with Crippen molar-refractivity contribution in [1.29, 1.82) is 0 Å². The van der Waals surface area contributed by atoms with Crippen molar-refractivity contribution in [2.75, 3.05) is 0 Å². The Morgan fingerprint density at radius 3 is 2.00 bits per heavy atom. The molecule has 2 aliphatic rings. The zero-order valence-corrected chi connectivity index (χ0v) is 12.6. The third-order valence-corrected chi connectivity index (χ3v) is 5.33. The molecule has 0 spiro atoms. The van der Waals surface area contributed by atoms with Crippen LogP contribution in [0.3, 0.4) is 0 Å². The van der Waals surface area contributed by atoms with Gasteiger partial charge in [-0.1, -0.05) is 32.6 Å². The average molecular weight is 268 g/mol. The lowest BCUT2D eigenvalue weighted by atomic mass is 9.70. The second-order valence-electron chi connectivity index (χ2n) is 6.34. The highest BCUT2D eigenvalue weighted by Gasteiger charge is 2.30. The van der Waals surface area contributed by atoms with Crippen LogP contribution in [0.5, 0.6) is 0 Å².